The second-order valence-corrected chi connectivity index (χ2v) is 4.00. The van der Waals surface area contributed by atoms with Gasteiger partial charge in [-0.05, 0) is 18.2 Å². The zero-order chi connectivity index (χ0) is 12.5. The molecule has 0 bridgehead atoms. The molecule has 0 unspecified atom stereocenters. The maximum absolute atomic E-state index is 11.9. The van der Waals surface area contributed by atoms with Gasteiger partial charge in [0.05, 0.1) is 5.56 Å². The number of para-hydroxylation sites is 2. The molecule has 0 spiro atoms. The van der Waals surface area contributed by atoms with Crippen LogP contribution in [0.4, 0.5) is 0 Å². The van der Waals surface area contributed by atoms with Gasteiger partial charge in [0.1, 0.15) is 11.3 Å². The maximum Gasteiger partial charge on any atom is 0.344 e. The molecule has 0 fully saturated rings. The first-order valence-corrected chi connectivity index (χ1v) is 5.57. The lowest BCUT2D eigenvalue weighted by atomic mass is 10.1. The Kier molecular flexibility index (Phi) is 2.38. The Morgan fingerprint density at radius 3 is 2.44 bits per heavy atom. The van der Waals surface area contributed by atoms with Gasteiger partial charge in [0.2, 0.25) is 0 Å². The second kappa shape index (κ2) is 4.04. The molecule has 2 aromatic carbocycles. The van der Waals surface area contributed by atoms with E-state index in [1.165, 1.54) is 0 Å². The van der Waals surface area contributed by atoms with Crippen LogP contribution in [0.5, 0.6) is 5.75 Å². The number of hydrogen-bond donors (Lipinski definition) is 1. The van der Waals surface area contributed by atoms with E-state index >= 15 is 0 Å². The van der Waals surface area contributed by atoms with Crippen molar-refractivity contribution in [1.82, 2.24) is 0 Å². The van der Waals surface area contributed by atoms with Crippen LogP contribution in [0.25, 0.3) is 22.1 Å². The molecule has 0 amide bonds. The molecule has 0 atom stereocenters. The first-order valence-electron chi connectivity index (χ1n) is 5.57. The van der Waals surface area contributed by atoms with Crippen LogP contribution in [0, 0.1) is 0 Å². The zero-order valence-electron chi connectivity index (χ0n) is 9.46. The molecule has 0 aliphatic carbocycles. The lowest BCUT2D eigenvalue weighted by molar-refractivity contribution is 0.476. The summed E-state index contributed by atoms with van der Waals surface area (Å²) in [6, 6.07) is 15.7. The van der Waals surface area contributed by atoms with Crippen molar-refractivity contribution >= 4 is 11.0 Å². The highest BCUT2D eigenvalue weighted by molar-refractivity contribution is 5.82. The smallest absolute Gasteiger partial charge is 0.344 e. The van der Waals surface area contributed by atoms with Crippen LogP contribution in [0.3, 0.4) is 0 Å². The van der Waals surface area contributed by atoms with Crippen LogP contribution < -0.4 is 5.63 Å². The van der Waals surface area contributed by atoms with Gasteiger partial charge >= 0.3 is 5.63 Å². The van der Waals surface area contributed by atoms with Crippen LogP contribution in [0.2, 0.25) is 0 Å². The van der Waals surface area contributed by atoms with E-state index in [1.54, 1.807) is 36.4 Å². The van der Waals surface area contributed by atoms with E-state index in [9.17, 15) is 9.90 Å². The van der Waals surface area contributed by atoms with Crippen molar-refractivity contribution in [2.24, 2.45) is 0 Å². The summed E-state index contributed by atoms with van der Waals surface area (Å²) in [6.07, 6.45) is 0. The van der Waals surface area contributed by atoms with E-state index in [4.69, 9.17) is 4.42 Å². The van der Waals surface area contributed by atoms with Gasteiger partial charge in [0.25, 0.3) is 0 Å². The fraction of sp³-hybridized carbons (Fsp3) is 0. The lowest BCUT2D eigenvalue weighted by Gasteiger charge is -2.04. The highest BCUT2D eigenvalue weighted by Crippen LogP contribution is 2.28. The zero-order valence-corrected chi connectivity index (χ0v) is 9.46. The van der Waals surface area contributed by atoms with E-state index in [0.717, 1.165) is 5.39 Å². The van der Waals surface area contributed by atoms with Crippen molar-refractivity contribution in [3.05, 3.63) is 65.0 Å². The highest BCUT2D eigenvalue weighted by Gasteiger charge is 2.10. The number of phenols is 1. The monoisotopic (exact) mass is 238 g/mol. The van der Waals surface area contributed by atoms with Gasteiger partial charge in [-0.25, -0.2) is 4.79 Å². The Hall–Kier alpha value is -2.55. The summed E-state index contributed by atoms with van der Waals surface area (Å²) >= 11 is 0. The summed E-state index contributed by atoms with van der Waals surface area (Å²) in [5, 5.41) is 10.6. The first kappa shape index (κ1) is 10.6. The summed E-state index contributed by atoms with van der Waals surface area (Å²) < 4.78 is 5.24. The van der Waals surface area contributed by atoms with Crippen molar-refractivity contribution < 1.29 is 9.52 Å². The summed E-state index contributed by atoms with van der Waals surface area (Å²) in [7, 11) is 0. The normalized spacial score (nSPS) is 10.7. The van der Waals surface area contributed by atoms with Crippen LogP contribution in [-0.4, -0.2) is 5.11 Å². The number of aromatic hydroxyl groups is 1. The highest BCUT2D eigenvalue weighted by atomic mass is 16.4. The number of hydrogen-bond acceptors (Lipinski definition) is 3. The van der Waals surface area contributed by atoms with Crippen LogP contribution >= 0.6 is 0 Å². The molecule has 0 saturated carbocycles. The van der Waals surface area contributed by atoms with E-state index < -0.39 is 5.63 Å². The topological polar surface area (TPSA) is 50.4 Å². The summed E-state index contributed by atoms with van der Waals surface area (Å²) in [5.41, 5.74) is 0.945. The number of rotatable bonds is 1. The van der Waals surface area contributed by atoms with E-state index in [0.29, 0.717) is 16.7 Å². The lowest BCUT2D eigenvalue weighted by Crippen LogP contribution is -2.02. The van der Waals surface area contributed by atoms with Gasteiger partial charge in [-0.2, -0.15) is 0 Å². The first-order chi connectivity index (χ1) is 8.75. The Labute approximate surface area is 103 Å². The molecular formula is C15H10O3. The van der Waals surface area contributed by atoms with Crippen LogP contribution in [0.1, 0.15) is 0 Å². The van der Waals surface area contributed by atoms with Gasteiger partial charge in [-0.15, -0.1) is 0 Å². The standard InChI is InChI=1S/C15H10O3/c16-13-7-3-2-6-11(13)12-9-10-5-1-4-8-14(10)18-15(12)17/h1-9,16H. The third-order valence-electron chi connectivity index (χ3n) is 2.84. The quantitative estimate of drug-likeness (QED) is 0.662. The third-order valence-corrected chi connectivity index (χ3v) is 2.84. The average Bonchev–Trinajstić information content (AvgIpc) is 2.39. The van der Waals surface area contributed by atoms with Gasteiger partial charge in [-0.1, -0.05) is 36.4 Å². The molecule has 1 heterocycles. The molecule has 18 heavy (non-hydrogen) atoms. The Balaban J connectivity index is 2.33. The van der Waals surface area contributed by atoms with Crippen molar-refractivity contribution in [3.63, 3.8) is 0 Å². The largest absolute Gasteiger partial charge is 0.507 e. The summed E-state index contributed by atoms with van der Waals surface area (Å²) in [5.74, 6) is 0.0695. The molecule has 3 rings (SSSR count). The van der Waals surface area contributed by atoms with Crippen molar-refractivity contribution in [3.8, 4) is 16.9 Å². The molecule has 88 valence electrons. The molecule has 0 saturated heterocycles. The minimum atomic E-state index is -0.449. The SMILES string of the molecule is O=c1oc2ccccc2cc1-c1ccccc1O. The van der Waals surface area contributed by atoms with E-state index in [1.807, 2.05) is 18.2 Å². The van der Waals surface area contributed by atoms with E-state index in [2.05, 4.69) is 0 Å². The predicted molar refractivity (Wildman–Crippen MR) is 69.6 cm³/mol. The second-order valence-electron chi connectivity index (χ2n) is 4.00. The van der Waals surface area contributed by atoms with Gasteiger partial charge in [-0.3, -0.25) is 0 Å². The van der Waals surface area contributed by atoms with Crippen LogP contribution in [0.15, 0.2) is 63.8 Å². The van der Waals surface area contributed by atoms with Crippen molar-refractivity contribution in [2.75, 3.05) is 0 Å². The predicted octanol–water partition coefficient (Wildman–Crippen LogP) is 3.17. The van der Waals surface area contributed by atoms with Gasteiger partial charge in [0, 0.05) is 10.9 Å². The Morgan fingerprint density at radius 2 is 1.61 bits per heavy atom. The van der Waals surface area contributed by atoms with Gasteiger partial charge in [0.15, 0.2) is 0 Å². The minimum absolute atomic E-state index is 0.0695. The summed E-state index contributed by atoms with van der Waals surface area (Å²) in [6.45, 7) is 0. The third kappa shape index (κ3) is 1.66. The fourth-order valence-electron chi connectivity index (χ4n) is 1.95. The maximum atomic E-state index is 11.9. The van der Waals surface area contributed by atoms with Crippen LogP contribution in [-0.2, 0) is 0 Å². The van der Waals surface area contributed by atoms with E-state index in [-0.39, 0.29) is 5.75 Å². The number of phenolic OH excluding ortho intramolecular Hbond substituents is 1. The molecule has 3 heteroatoms. The molecule has 1 aromatic heterocycles. The Morgan fingerprint density at radius 1 is 0.889 bits per heavy atom. The number of fused-ring (bicyclic) bond motifs is 1. The molecule has 1 N–H and O–H groups in total. The molecule has 3 aromatic rings. The van der Waals surface area contributed by atoms with Crippen molar-refractivity contribution in [1.29, 1.82) is 0 Å². The molecule has 0 aliphatic rings. The summed E-state index contributed by atoms with van der Waals surface area (Å²) in [4.78, 5) is 11.9. The molecule has 3 nitrogen and oxygen atoms in total. The fourth-order valence-corrected chi connectivity index (χ4v) is 1.95. The Bertz CT molecular complexity index is 772. The molecular weight excluding hydrogens is 228 g/mol. The molecule has 0 aliphatic heterocycles. The number of benzene rings is 2. The van der Waals surface area contributed by atoms with Crippen molar-refractivity contribution in [2.45, 2.75) is 0 Å². The minimum Gasteiger partial charge on any atom is -0.507 e. The van der Waals surface area contributed by atoms with Gasteiger partial charge < -0.3 is 9.52 Å². The molecule has 0 radical (unpaired) electrons. The average molecular weight is 238 g/mol.